The van der Waals surface area contributed by atoms with Crippen molar-refractivity contribution in [2.45, 2.75) is 25.6 Å². The summed E-state index contributed by atoms with van der Waals surface area (Å²) in [7, 11) is 0. The van der Waals surface area contributed by atoms with Crippen LogP contribution in [0.25, 0.3) is 0 Å². The Morgan fingerprint density at radius 3 is 2.79 bits per heavy atom. The van der Waals surface area contributed by atoms with Crippen LogP contribution in [0.4, 0.5) is 0 Å². The quantitative estimate of drug-likeness (QED) is 0.797. The molecule has 106 valence electrons. The number of morpholine rings is 1. The minimum absolute atomic E-state index is 0.104. The van der Waals surface area contributed by atoms with Crippen LogP contribution in [0.1, 0.15) is 13.8 Å². The Bertz CT molecular complexity index is 367. The van der Waals surface area contributed by atoms with Gasteiger partial charge in [-0.25, -0.2) is 0 Å². The Hall–Kier alpha value is -1.10. The highest BCUT2D eigenvalue weighted by Crippen LogP contribution is 2.15. The number of benzene rings is 1. The van der Waals surface area contributed by atoms with Gasteiger partial charge in [0.2, 0.25) is 0 Å². The van der Waals surface area contributed by atoms with E-state index in [9.17, 15) is 0 Å². The van der Waals surface area contributed by atoms with Crippen molar-refractivity contribution in [1.29, 1.82) is 0 Å². The van der Waals surface area contributed by atoms with Gasteiger partial charge in [-0.2, -0.15) is 0 Å². The van der Waals surface area contributed by atoms with Crippen molar-refractivity contribution in [2.24, 2.45) is 0 Å². The molecule has 1 fully saturated rings. The third-order valence-electron chi connectivity index (χ3n) is 2.95. The van der Waals surface area contributed by atoms with E-state index in [-0.39, 0.29) is 11.7 Å². The first-order valence-electron chi connectivity index (χ1n) is 6.80. The molecule has 1 N–H and O–H groups in total. The molecular weight excluding hydrogens is 242 g/mol. The van der Waals surface area contributed by atoms with Gasteiger partial charge in [0, 0.05) is 13.1 Å². The molecule has 0 amide bonds. The minimum atomic E-state index is -0.104. The van der Waals surface area contributed by atoms with Gasteiger partial charge < -0.3 is 19.5 Å². The summed E-state index contributed by atoms with van der Waals surface area (Å²) < 4.78 is 17.1. The maximum absolute atomic E-state index is 5.91. The zero-order valence-corrected chi connectivity index (χ0v) is 11.7. The first-order valence-corrected chi connectivity index (χ1v) is 6.80. The Balaban J connectivity index is 1.57. The predicted molar refractivity (Wildman–Crippen MR) is 74.6 cm³/mol. The van der Waals surface area contributed by atoms with Crippen molar-refractivity contribution in [3.8, 4) is 5.75 Å². The molecule has 4 heteroatoms. The van der Waals surface area contributed by atoms with Crippen LogP contribution in [0.2, 0.25) is 0 Å². The fourth-order valence-electron chi connectivity index (χ4n) is 2.11. The molecule has 19 heavy (non-hydrogen) atoms. The molecule has 1 aromatic carbocycles. The van der Waals surface area contributed by atoms with Gasteiger partial charge in [0.15, 0.2) is 0 Å². The summed E-state index contributed by atoms with van der Waals surface area (Å²) in [5.41, 5.74) is -0.104. The van der Waals surface area contributed by atoms with Crippen LogP contribution in [-0.2, 0) is 9.47 Å². The van der Waals surface area contributed by atoms with E-state index in [1.807, 2.05) is 30.3 Å². The topological polar surface area (TPSA) is 39.7 Å². The molecular formula is C15H23NO3. The standard InChI is InChI=1S/C15H23NO3/c1-15(2)12-16-10-14(19-15)11-17-8-9-18-13-6-4-3-5-7-13/h3-7,14,16H,8-12H2,1-2H3. The zero-order chi connectivity index (χ0) is 13.6. The van der Waals surface area contributed by atoms with Gasteiger partial charge in [-0.15, -0.1) is 0 Å². The van der Waals surface area contributed by atoms with Gasteiger partial charge >= 0.3 is 0 Å². The van der Waals surface area contributed by atoms with Crippen LogP contribution in [0.3, 0.4) is 0 Å². The van der Waals surface area contributed by atoms with Crippen LogP contribution in [0.15, 0.2) is 30.3 Å². The molecule has 0 spiro atoms. The highest BCUT2D eigenvalue weighted by atomic mass is 16.6. The van der Waals surface area contributed by atoms with Gasteiger partial charge in [-0.1, -0.05) is 18.2 Å². The number of hydrogen-bond acceptors (Lipinski definition) is 4. The zero-order valence-electron chi connectivity index (χ0n) is 11.7. The summed E-state index contributed by atoms with van der Waals surface area (Å²) in [6.45, 7) is 7.66. The van der Waals surface area contributed by atoms with E-state index in [0.717, 1.165) is 18.8 Å². The molecule has 0 bridgehead atoms. The average Bonchev–Trinajstić information content (AvgIpc) is 2.38. The summed E-state index contributed by atoms with van der Waals surface area (Å²) in [5, 5.41) is 3.36. The number of para-hydroxylation sites is 1. The maximum atomic E-state index is 5.91. The van der Waals surface area contributed by atoms with Gasteiger partial charge in [0.05, 0.1) is 24.9 Å². The molecule has 0 saturated carbocycles. The molecule has 1 aliphatic rings. The molecule has 4 nitrogen and oxygen atoms in total. The molecule has 1 unspecified atom stereocenters. The van der Waals surface area contributed by atoms with E-state index in [2.05, 4.69) is 19.2 Å². The molecule has 1 atom stereocenters. The molecule has 1 saturated heterocycles. The Morgan fingerprint density at radius 1 is 1.26 bits per heavy atom. The predicted octanol–water partition coefficient (Wildman–Crippen LogP) is 1.85. The number of nitrogens with one attached hydrogen (secondary N) is 1. The van der Waals surface area contributed by atoms with Crippen LogP contribution in [0.5, 0.6) is 5.75 Å². The second kappa shape index (κ2) is 6.89. The Morgan fingerprint density at radius 2 is 2.05 bits per heavy atom. The van der Waals surface area contributed by atoms with E-state index in [0.29, 0.717) is 19.8 Å². The second-order valence-corrected chi connectivity index (χ2v) is 5.37. The van der Waals surface area contributed by atoms with E-state index < -0.39 is 0 Å². The van der Waals surface area contributed by atoms with E-state index in [4.69, 9.17) is 14.2 Å². The molecule has 0 radical (unpaired) electrons. The first-order chi connectivity index (χ1) is 9.16. The van der Waals surface area contributed by atoms with Gasteiger partial charge in [-0.3, -0.25) is 0 Å². The molecule has 1 heterocycles. The van der Waals surface area contributed by atoms with Crippen LogP contribution < -0.4 is 10.1 Å². The molecule has 0 aliphatic carbocycles. The van der Waals surface area contributed by atoms with Gasteiger partial charge in [0.25, 0.3) is 0 Å². The summed E-state index contributed by atoms with van der Waals surface area (Å²) >= 11 is 0. The summed E-state index contributed by atoms with van der Waals surface area (Å²) in [6, 6.07) is 9.77. The number of hydrogen-bond donors (Lipinski definition) is 1. The Kier molecular flexibility index (Phi) is 5.19. The molecule has 1 aliphatic heterocycles. The van der Waals surface area contributed by atoms with Crippen LogP contribution in [0, 0.1) is 0 Å². The van der Waals surface area contributed by atoms with E-state index in [1.54, 1.807) is 0 Å². The summed E-state index contributed by atoms with van der Waals surface area (Å²) in [5.74, 6) is 0.878. The summed E-state index contributed by atoms with van der Waals surface area (Å²) in [4.78, 5) is 0. The number of ether oxygens (including phenoxy) is 3. The third-order valence-corrected chi connectivity index (χ3v) is 2.95. The maximum Gasteiger partial charge on any atom is 0.119 e. The lowest BCUT2D eigenvalue weighted by Gasteiger charge is -2.36. The SMILES string of the molecule is CC1(C)CNCC(COCCOc2ccccc2)O1. The lowest BCUT2D eigenvalue weighted by molar-refractivity contribution is -0.121. The Labute approximate surface area is 115 Å². The second-order valence-electron chi connectivity index (χ2n) is 5.37. The van der Waals surface area contributed by atoms with E-state index >= 15 is 0 Å². The fraction of sp³-hybridized carbons (Fsp3) is 0.600. The molecule has 1 aromatic rings. The third kappa shape index (κ3) is 5.19. The number of rotatable bonds is 6. The lowest BCUT2D eigenvalue weighted by atomic mass is 10.1. The fourth-order valence-corrected chi connectivity index (χ4v) is 2.11. The first kappa shape index (κ1) is 14.3. The minimum Gasteiger partial charge on any atom is -0.491 e. The van der Waals surface area contributed by atoms with Crippen LogP contribution >= 0.6 is 0 Å². The van der Waals surface area contributed by atoms with Crippen molar-refractivity contribution >= 4 is 0 Å². The van der Waals surface area contributed by atoms with E-state index in [1.165, 1.54) is 0 Å². The summed E-state index contributed by atoms with van der Waals surface area (Å²) in [6.07, 6.45) is 0.125. The van der Waals surface area contributed by atoms with Crippen molar-refractivity contribution in [3.63, 3.8) is 0 Å². The highest BCUT2D eigenvalue weighted by molar-refractivity contribution is 5.20. The van der Waals surface area contributed by atoms with Crippen molar-refractivity contribution in [1.82, 2.24) is 5.32 Å². The molecule has 2 rings (SSSR count). The highest BCUT2D eigenvalue weighted by Gasteiger charge is 2.28. The van der Waals surface area contributed by atoms with Gasteiger partial charge in [-0.05, 0) is 26.0 Å². The van der Waals surface area contributed by atoms with Crippen molar-refractivity contribution in [3.05, 3.63) is 30.3 Å². The lowest BCUT2D eigenvalue weighted by Crippen LogP contribution is -2.51. The average molecular weight is 265 g/mol. The smallest absolute Gasteiger partial charge is 0.119 e. The van der Waals surface area contributed by atoms with Crippen molar-refractivity contribution < 1.29 is 14.2 Å². The van der Waals surface area contributed by atoms with Gasteiger partial charge in [0.1, 0.15) is 12.4 Å². The molecule has 0 aromatic heterocycles. The normalized spacial score (nSPS) is 22.1. The van der Waals surface area contributed by atoms with Crippen LogP contribution in [-0.4, -0.2) is 44.6 Å². The van der Waals surface area contributed by atoms with Crippen molar-refractivity contribution in [2.75, 3.05) is 32.9 Å². The monoisotopic (exact) mass is 265 g/mol. The largest absolute Gasteiger partial charge is 0.491 e.